The van der Waals surface area contributed by atoms with Gasteiger partial charge in [0.25, 0.3) is 0 Å². The summed E-state index contributed by atoms with van der Waals surface area (Å²) in [5, 5.41) is 2.77. The predicted octanol–water partition coefficient (Wildman–Crippen LogP) is 6.46. The van der Waals surface area contributed by atoms with E-state index in [1.54, 1.807) is 0 Å². The number of methoxy groups -OCH3 is 1. The number of ketones is 1. The Bertz CT molecular complexity index is 1150. The molecule has 3 aliphatic carbocycles. The average Bonchev–Trinajstić information content (AvgIpc) is 3.57. The first-order chi connectivity index (χ1) is 16.7. The highest BCUT2D eigenvalue weighted by molar-refractivity contribution is 6.02. The van der Waals surface area contributed by atoms with Crippen LogP contribution in [0.1, 0.15) is 59.2 Å². The van der Waals surface area contributed by atoms with E-state index < -0.39 is 11.7 Å². The van der Waals surface area contributed by atoms with E-state index in [9.17, 15) is 22.8 Å². The van der Waals surface area contributed by atoms with Gasteiger partial charge in [0, 0.05) is 29.2 Å². The summed E-state index contributed by atoms with van der Waals surface area (Å²) in [5.74, 6) is 1.07. The van der Waals surface area contributed by atoms with Crippen LogP contribution >= 0.6 is 0 Å². The third kappa shape index (κ3) is 4.45. The van der Waals surface area contributed by atoms with Crippen LogP contribution in [0.2, 0.25) is 0 Å². The molecule has 0 aliphatic heterocycles. The van der Waals surface area contributed by atoms with Gasteiger partial charge in [0.05, 0.1) is 12.7 Å². The summed E-state index contributed by atoms with van der Waals surface area (Å²) in [6, 6.07) is 9.43. The van der Waals surface area contributed by atoms with Crippen LogP contribution in [-0.4, -0.2) is 18.8 Å². The van der Waals surface area contributed by atoms with Gasteiger partial charge in [-0.15, -0.1) is 0 Å². The van der Waals surface area contributed by atoms with Gasteiger partial charge in [-0.25, -0.2) is 0 Å². The third-order valence-electron chi connectivity index (χ3n) is 8.40. The molecule has 0 saturated heterocycles. The van der Waals surface area contributed by atoms with Crippen LogP contribution < -0.4 is 10.1 Å². The molecule has 1 N–H and O–H groups in total. The van der Waals surface area contributed by atoms with Crippen LogP contribution in [0, 0.1) is 36.5 Å². The number of aryl methyl sites for hydroxylation is 1. The minimum absolute atomic E-state index is 0.119. The summed E-state index contributed by atoms with van der Waals surface area (Å²) in [6.07, 6.45) is 0.755. The van der Waals surface area contributed by atoms with E-state index >= 15 is 0 Å². The number of fused-ring (bicyclic) bond motifs is 2. The number of benzene rings is 2. The Labute approximate surface area is 203 Å². The number of hydrogen-bond donors (Lipinski definition) is 1. The Morgan fingerprint density at radius 1 is 1.06 bits per heavy atom. The van der Waals surface area contributed by atoms with Gasteiger partial charge in [0.15, 0.2) is 5.78 Å². The topological polar surface area (TPSA) is 55.4 Å². The summed E-state index contributed by atoms with van der Waals surface area (Å²) < 4.78 is 44.1. The molecule has 2 saturated carbocycles. The molecular weight excluding hydrogens is 455 g/mol. The number of ether oxygens (including phenoxy) is 1. The lowest BCUT2D eigenvalue weighted by molar-refractivity contribution is -0.138. The summed E-state index contributed by atoms with van der Waals surface area (Å²) in [7, 11) is 1.18. The first kappa shape index (κ1) is 23.9. The summed E-state index contributed by atoms with van der Waals surface area (Å²) >= 11 is 0. The third-order valence-corrected chi connectivity index (χ3v) is 8.40. The highest BCUT2D eigenvalue weighted by atomic mass is 19.4. The number of hydrogen-bond acceptors (Lipinski definition) is 3. The zero-order valence-electron chi connectivity index (χ0n) is 20.0. The molecule has 1 amide bonds. The average molecular weight is 486 g/mol. The van der Waals surface area contributed by atoms with Gasteiger partial charge in [-0.3, -0.25) is 9.59 Å². The first-order valence-electron chi connectivity index (χ1n) is 12.4. The lowest BCUT2D eigenvalue weighted by atomic mass is 9.77. The Hall–Kier alpha value is -2.83. The van der Waals surface area contributed by atoms with Crippen molar-refractivity contribution < 1.29 is 27.5 Å². The second-order valence-corrected chi connectivity index (χ2v) is 10.3. The van der Waals surface area contributed by atoms with Crippen molar-refractivity contribution in [3.8, 4) is 5.75 Å². The molecule has 0 aromatic heterocycles. The smallest absolute Gasteiger partial charge is 0.419 e. The van der Waals surface area contributed by atoms with Crippen molar-refractivity contribution in [2.24, 2.45) is 29.6 Å². The molecular formula is C28H30F3NO3. The molecule has 0 heterocycles. The molecule has 35 heavy (non-hydrogen) atoms. The van der Waals surface area contributed by atoms with Gasteiger partial charge >= 0.3 is 6.18 Å². The molecule has 7 heteroatoms. The number of alkyl halides is 3. The fourth-order valence-corrected chi connectivity index (χ4v) is 6.55. The largest absolute Gasteiger partial charge is 0.496 e. The Kier molecular flexibility index (Phi) is 6.14. The van der Waals surface area contributed by atoms with E-state index in [0.29, 0.717) is 29.2 Å². The lowest BCUT2D eigenvalue weighted by Gasteiger charge is -2.28. The van der Waals surface area contributed by atoms with E-state index in [0.717, 1.165) is 50.2 Å². The van der Waals surface area contributed by atoms with Crippen LogP contribution in [-0.2, 0) is 17.4 Å². The van der Waals surface area contributed by atoms with Crippen molar-refractivity contribution in [3.05, 3.63) is 58.7 Å². The second-order valence-electron chi connectivity index (χ2n) is 10.3. The van der Waals surface area contributed by atoms with Gasteiger partial charge in [0.1, 0.15) is 5.75 Å². The van der Waals surface area contributed by atoms with Crippen LogP contribution in [0.25, 0.3) is 0 Å². The van der Waals surface area contributed by atoms with Crippen molar-refractivity contribution in [1.29, 1.82) is 0 Å². The molecule has 3 aliphatic rings. The zero-order chi connectivity index (χ0) is 24.9. The van der Waals surface area contributed by atoms with Gasteiger partial charge in [-0.05, 0) is 86.5 Å². The Morgan fingerprint density at radius 2 is 1.80 bits per heavy atom. The van der Waals surface area contributed by atoms with E-state index in [1.807, 2.05) is 12.1 Å². The SMILES string of the molecule is COc1cc(NC(=O)C2CCC(C3C4CCc5c(C)cccc5C(=O)C43)CC2)ccc1C(F)(F)F. The highest BCUT2D eigenvalue weighted by Gasteiger charge is 2.58. The number of amides is 1. The van der Waals surface area contributed by atoms with Crippen LogP contribution in [0.4, 0.5) is 18.9 Å². The van der Waals surface area contributed by atoms with E-state index in [-0.39, 0.29) is 23.5 Å². The number of Topliss-reactive ketones (excluding diaryl/α,β-unsaturated/α-hetero) is 1. The highest BCUT2D eigenvalue weighted by Crippen LogP contribution is 2.59. The van der Waals surface area contributed by atoms with Crippen molar-refractivity contribution >= 4 is 17.4 Å². The van der Waals surface area contributed by atoms with Crippen molar-refractivity contribution in [3.63, 3.8) is 0 Å². The fraction of sp³-hybridized carbons (Fsp3) is 0.500. The van der Waals surface area contributed by atoms with Crippen LogP contribution in [0.3, 0.4) is 0 Å². The standard InChI is InChI=1S/C28H30F3NO3/c1-15-4-3-5-20-19(15)11-12-21-24(25(21)26(20)33)16-6-8-17(9-7-16)27(34)32-18-10-13-22(28(29,30)31)23(14-18)35-2/h3-5,10,13-14,16-17,21,24-25H,6-9,11-12H2,1-2H3,(H,32,34). The monoisotopic (exact) mass is 485 g/mol. The number of carbonyl (C=O) groups is 2. The van der Waals surface area contributed by atoms with Gasteiger partial charge < -0.3 is 10.1 Å². The predicted molar refractivity (Wildman–Crippen MR) is 126 cm³/mol. The minimum Gasteiger partial charge on any atom is -0.496 e. The summed E-state index contributed by atoms with van der Waals surface area (Å²) in [6.45, 7) is 2.08. The molecule has 186 valence electrons. The molecule has 2 aromatic carbocycles. The number of anilines is 1. The molecule has 0 spiro atoms. The number of rotatable bonds is 4. The maximum absolute atomic E-state index is 13.3. The first-order valence-corrected chi connectivity index (χ1v) is 12.4. The van der Waals surface area contributed by atoms with Crippen molar-refractivity contribution in [2.45, 2.75) is 51.6 Å². The van der Waals surface area contributed by atoms with Crippen LogP contribution in [0.5, 0.6) is 5.75 Å². The normalized spacial score (nSPS) is 27.9. The Morgan fingerprint density at radius 3 is 2.49 bits per heavy atom. The molecule has 2 aromatic rings. The molecule has 0 radical (unpaired) electrons. The van der Waals surface area contributed by atoms with E-state index in [4.69, 9.17) is 4.74 Å². The van der Waals surface area contributed by atoms with Gasteiger partial charge in [-0.1, -0.05) is 18.2 Å². The van der Waals surface area contributed by atoms with E-state index in [2.05, 4.69) is 18.3 Å². The second kappa shape index (κ2) is 8.99. The maximum Gasteiger partial charge on any atom is 0.419 e. The van der Waals surface area contributed by atoms with E-state index in [1.165, 1.54) is 30.4 Å². The zero-order valence-corrected chi connectivity index (χ0v) is 20.0. The Balaban J connectivity index is 1.19. The van der Waals surface area contributed by atoms with Crippen molar-refractivity contribution in [2.75, 3.05) is 12.4 Å². The van der Waals surface area contributed by atoms with Gasteiger partial charge in [0.2, 0.25) is 5.91 Å². The van der Waals surface area contributed by atoms with Gasteiger partial charge in [-0.2, -0.15) is 13.2 Å². The van der Waals surface area contributed by atoms with Crippen molar-refractivity contribution in [1.82, 2.24) is 0 Å². The quantitative estimate of drug-likeness (QED) is 0.541. The lowest BCUT2D eigenvalue weighted by Crippen LogP contribution is -2.28. The minimum atomic E-state index is -4.52. The summed E-state index contributed by atoms with van der Waals surface area (Å²) in [4.78, 5) is 26.1. The number of nitrogens with one attached hydrogen (secondary N) is 1. The summed E-state index contributed by atoms with van der Waals surface area (Å²) in [5.41, 5.74) is 2.74. The molecule has 3 unspecified atom stereocenters. The number of halogens is 3. The molecule has 0 bridgehead atoms. The molecule has 3 atom stereocenters. The number of carbonyl (C=O) groups excluding carboxylic acids is 2. The molecule has 4 nitrogen and oxygen atoms in total. The molecule has 5 rings (SSSR count). The maximum atomic E-state index is 13.3. The molecule has 2 fully saturated rings. The fourth-order valence-electron chi connectivity index (χ4n) is 6.55. The van der Waals surface area contributed by atoms with Crippen LogP contribution in [0.15, 0.2) is 36.4 Å².